The predicted molar refractivity (Wildman–Crippen MR) is 122 cm³/mol. The lowest BCUT2D eigenvalue weighted by molar-refractivity contribution is -0.138. The molecule has 3 rings (SSSR count). The van der Waals surface area contributed by atoms with Gasteiger partial charge >= 0.3 is 0 Å². The Bertz CT molecular complexity index is 916. The number of hydrogen-bond donors (Lipinski definition) is 3. The van der Waals surface area contributed by atoms with Gasteiger partial charge in [-0.3, -0.25) is 14.5 Å². The third kappa shape index (κ3) is 5.30. The first-order valence-electron chi connectivity index (χ1n) is 11.6. The topological polar surface area (TPSA) is 120 Å². The summed E-state index contributed by atoms with van der Waals surface area (Å²) in [7, 11) is 3.03. The molecule has 0 radical (unpaired) electrons. The Morgan fingerprint density at radius 1 is 1.27 bits per heavy atom. The Morgan fingerprint density at radius 2 is 2.03 bits per heavy atom. The summed E-state index contributed by atoms with van der Waals surface area (Å²) in [5, 5.41) is 30.6. The smallest absolute Gasteiger partial charge is 0.233 e. The Hall–Kier alpha value is -2.26. The molecule has 33 heavy (non-hydrogen) atoms. The molecule has 182 valence electrons. The van der Waals surface area contributed by atoms with Crippen LogP contribution < -0.4 is 0 Å². The number of aliphatic hydroxyl groups excluding tert-OH is 3. The molecular formula is C25H35NO7. The highest BCUT2D eigenvalue weighted by molar-refractivity contribution is 6.05. The average molecular weight is 462 g/mol. The number of aliphatic hydroxyl groups is 3. The number of methoxy groups -OCH3 is 1. The van der Waals surface area contributed by atoms with E-state index < -0.39 is 23.9 Å². The number of likely N-dealkylation sites (tertiary alicyclic amines) is 1. The molecule has 0 unspecified atom stereocenters. The molecule has 2 amide bonds. The molecule has 1 aliphatic carbocycles. The molecule has 3 N–H and O–H groups in total. The fraction of sp³-hybridized carbons (Fsp3) is 0.600. The van der Waals surface area contributed by atoms with Gasteiger partial charge in [-0.15, -0.1) is 0 Å². The van der Waals surface area contributed by atoms with E-state index in [2.05, 4.69) is 6.92 Å². The highest BCUT2D eigenvalue weighted by Crippen LogP contribution is 2.46. The Balaban J connectivity index is 1.83. The first kappa shape index (κ1) is 25.4. The number of allylic oxidation sites excluding steroid dienone is 1. The normalized spacial score (nSPS) is 24.6. The van der Waals surface area contributed by atoms with Gasteiger partial charge in [-0.05, 0) is 55.0 Å². The molecule has 1 aliphatic heterocycles. The largest absolute Gasteiger partial charge is 0.459 e. The summed E-state index contributed by atoms with van der Waals surface area (Å²) in [6.07, 6.45) is 4.20. The molecule has 1 aromatic rings. The maximum Gasteiger partial charge on any atom is 0.233 e. The van der Waals surface area contributed by atoms with Gasteiger partial charge in [-0.1, -0.05) is 18.9 Å². The second-order valence-electron chi connectivity index (χ2n) is 8.92. The zero-order valence-electron chi connectivity index (χ0n) is 19.6. The average Bonchev–Trinajstić information content (AvgIpc) is 3.35. The van der Waals surface area contributed by atoms with E-state index in [1.165, 1.54) is 7.05 Å². The van der Waals surface area contributed by atoms with Crippen LogP contribution in [0.2, 0.25) is 0 Å². The molecule has 0 saturated carbocycles. The highest BCUT2D eigenvalue weighted by Gasteiger charge is 2.53. The second kappa shape index (κ2) is 11.2. The van der Waals surface area contributed by atoms with E-state index in [4.69, 9.17) is 9.15 Å². The molecule has 1 saturated heterocycles. The molecule has 8 nitrogen and oxygen atoms in total. The van der Waals surface area contributed by atoms with Crippen LogP contribution in [0.15, 0.2) is 33.3 Å². The van der Waals surface area contributed by atoms with E-state index in [1.807, 2.05) is 6.08 Å². The lowest BCUT2D eigenvalue weighted by atomic mass is 9.68. The predicted octanol–water partition coefficient (Wildman–Crippen LogP) is 2.28. The van der Waals surface area contributed by atoms with Gasteiger partial charge in [0.15, 0.2) is 0 Å². The number of imide groups is 1. The van der Waals surface area contributed by atoms with Crippen molar-refractivity contribution in [2.45, 2.75) is 51.7 Å². The van der Waals surface area contributed by atoms with Gasteiger partial charge < -0.3 is 24.5 Å². The van der Waals surface area contributed by atoms with Crippen molar-refractivity contribution in [1.29, 1.82) is 0 Å². The van der Waals surface area contributed by atoms with Crippen LogP contribution in [0.25, 0.3) is 6.08 Å². The van der Waals surface area contributed by atoms with E-state index in [1.54, 1.807) is 19.2 Å². The number of hydrogen-bond acceptors (Lipinski definition) is 7. The minimum absolute atomic E-state index is 0.160. The number of carbonyl (C=O) groups excluding carboxylic acids is 2. The Labute approximate surface area is 194 Å². The SMILES string of the molecule is CCC/C(=C\c1ccc(CO)o1)CC[C@@H](O)C1=C(COC)C[C@H]2C(=O)N(C)C(=O)[C@H]2[C@H]1CO. The summed E-state index contributed by atoms with van der Waals surface area (Å²) >= 11 is 0. The summed E-state index contributed by atoms with van der Waals surface area (Å²) < 4.78 is 10.9. The summed E-state index contributed by atoms with van der Waals surface area (Å²) in [5.74, 6) is -1.16. The van der Waals surface area contributed by atoms with Gasteiger partial charge in [0.05, 0.1) is 31.2 Å². The minimum atomic E-state index is -0.869. The van der Waals surface area contributed by atoms with Crippen molar-refractivity contribution in [3.63, 3.8) is 0 Å². The number of rotatable bonds is 11. The van der Waals surface area contributed by atoms with Crippen LogP contribution in [0.1, 0.15) is 50.5 Å². The number of amides is 2. The molecule has 0 aromatic carbocycles. The van der Waals surface area contributed by atoms with Crippen molar-refractivity contribution < 1.29 is 34.1 Å². The van der Waals surface area contributed by atoms with E-state index in [0.29, 0.717) is 36.4 Å². The van der Waals surface area contributed by atoms with Crippen molar-refractivity contribution in [2.24, 2.45) is 17.8 Å². The maximum atomic E-state index is 12.8. The van der Waals surface area contributed by atoms with E-state index in [9.17, 15) is 24.9 Å². The van der Waals surface area contributed by atoms with Crippen molar-refractivity contribution in [3.05, 3.63) is 40.4 Å². The molecule has 4 atom stereocenters. The second-order valence-corrected chi connectivity index (χ2v) is 8.92. The van der Waals surface area contributed by atoms with Crippen molar-refractivity contribution in [3.8, 4) is 0 Å². The van der Waals surface area contributed by atoms with Gasteiger partial charge in [0.2, 0.25) is 11.8 Å². The Morgan fingerprint density at radius 3 is 2.64 bits per heavy atom. The van der Waals surface area contributed by atoms with Crippen LogP contribution in [0.5, 0.6) is 0 Å². The number of ether oxygens (including phenoxy) is 1. The number of carbonyl (C=O) groups is 2. The fourth-order valence-corrected chi connectivity index (χ4v) is 5.25. The van der Waals surface area contributed by atoms with Gasteiger partial charge in [0.25, 0.3) is 0 Å². The monoisotopic (exact) mass is 461 g/mol. The van der Waals surface area contributed by atoms with Crippen LogP contribution in [0.4, 0.5) is 0 Å². The molecule has 1 aromatic heterocycles. The third-order valence-electron chi connectivity index (χ3n) is 6.77. The first-order valence-corrected chi connectivity index (χ1v) is 11.6. The molecule has 1 fully saturated rings. The van der Waals surface area contributed by atoms with Crippen molar-refractivity contribution in [1.82, 2.24) is 4.90 Å². The molecule has 0 spiro atoms. The Kier molecular flexibility index (Phi) is 8.64. The standard InChI is InChI=1S/C25H35NO7/c1-4-5-15(10-17-7-8-18(12-27)33-17)6-9-21(29)22-16(14-32-3)11-19-23(20(22)13-28)25(31)26(2)24(19)30/h7-8,10,19-21,23,27-29H,4-6,9,11-14H2,1-3H3/b15-10+/t19-,20+,21-,23-/m1/s1. The summed E-state index contributed by atoms with van der Waals surface area (Å²) in [6, 6.07) is 3.53. The third-order valence-corrected chi connectivity index (χ3v) is 6.77. The molecule has 0 bridgehead atoms. The maximum absolute atomic E-state index is 12.8. The minimum Gasteiger partial charge on any atom is -0.459 e. The van der Waals surface area contributed by atoms with Crippen LogP contribution in [-0.2, 0) is 20.9 Å². The van der Waals surface area contributed by atoms with Crippen LogP contribution in [-0.4, -0.2) is 65.5 Å². The molecule has 8 heteroatoms. The quantitative estimate of drug-likeness (QED) is 0.342. The van der Waals surface area contributed by atoms with Crippen molar-refractivity contribution in [2.75, 3.05) is 27.4 Å². The van der Waals surface area contributed by atoms with E-state index >= 15 is 0 Å². The van der Waals surface area contributed by atoms with Gasteiger partial charge in [0.1, 0.15) is 18.1 Å². The summed E-state index contributed by atoms with van der Waals surface area (Å²) in [4.78, 5) is 26.5. The van der Waals surface area contributed by atoms with Gasteiger partial charge in [-0.2, -0.15) is 0 Å². The van der Waals surface area contributed by atoms with Crippen LogP contribution in [0.3, 0.4) is 0 Å². The van der Waals surface area contributed by atoms with E-state index in [0.717, 1.165) is 28.9 Å². The van der Waals surface area contributed by atoms with E-state index in [-0.39, 0.29) is 31.6 Å². The fourth-order valence-electron chi connectivity index (χ4n) is 5.25. The van der Waals surface area contributed by atoms with Crippen molar-refractivity contribution >= 4 is 17.9 Å². The summed E-state index contributed by atoms with van der Waals surface area (Å²) in [5.41, 5.74) is 2.53. The first-order chi connectivity index (χ1) is 15.9. The number of fused-ring (bicyclic) bond motifs is 1. The summed E-state index contributed by atoms with van der Waals surface area (Å²) in [6.45, 7) is 1.84. The van der Waals surface area contributed by atoms with Crippen LogP contribution >= 0.6 is 0 Å². The number of furan rings is 1. The highest BCUT2D eigenvalue weighted by atomic mass is 16.5. The zero-order chi connectivity index (χ0) is 24.1. The lowest BCUT2D eigenvalue weighted by Crippen LogP contribution is -2.39. The molecule has 2 aliphatic rings. The van der Waals surface area contributed by atoms with Crippen LogP contribution in [0, 0.1) is 17.8 Å². The lowest BCUT2D eigenvalue weighted by Gasteiger charge is -2.36. The zero-order valence-corrected chi connectivity index (χ0v) is 19.6. The van der Waals surface area contributed by atoms with Gasteiger partial charge in [0, 0.05) is 20.1 Å². The molecule has 2 heterocycles. The molecular weight excluding hydrogens is 426 g/mol. The number of nitrogens with zero attached hydrogens (tertiary/aromatic N) is 1. The van der Waals surface area contributed by atoms with Gasteiger partial charge in [-0.25, -0.2) is 0 Å².